The minimum absolute atomic E-state index is 0.127. The van der Waals surface area contributed by atoms with Gasteiger partial charge in [0.1, 0.15) is 11.8 Å². The van der Waals surface area contributed by atoms with Crippen LogP contribution < -0.4 is 11.1 Å². The number of rotatable bonds is 8. The van der Waals surface area contributed by atoms with Crippen LogP contribution in [-0.2, 0) is 20.7 Å². The van der Waals surface area contributed by atoms with Gasteiger partial charge in [-0.2, -0.15) is 0 Å². The molecular formula is C14H20N2O5. The molecule has 7 nitrogen and oxygen atoms in total. The highest BCUT2D eigenvalue weighted by Gasteiger charge is 2.23. The third kappa shape index (κ3) is 5.80. The lowest BCUT2D eigenvalue weighted by Gasteiger charge is -2.17. The molecular weight excluding hydrogens is 276 g/mol. The molecule has 1 rings (SSSR count). The van der Waals surface area contributed by atoms with Crippen molar-refractivity contribution in [1.82, 2.24) is 5.32 Å². The normalized spacial score (nSPS) is 13.4. The van der Waals surface area contributed by atoms with Crippen molar-refractivity contribution >= 4 is 11.9 Å². The van der Waals surface area contributed by atoms with E-state index < -0.39 is 24.0 Å². The molecule has 21 heavy (non-hydrogen) atoms. The number of ether oxygens (including phenoxy) is 1. The van der Waals surface area contributed by atoms with Crippen LogP contribution in [0.1, 0.15) is 12.0 Å². The highest BCUT2D eigenvalue weighted by Crippen LogP contribution is 2.11. The topological polar surface area (TPSA) is 122 Å². The molecule has 116 valence electrons. The standard InChI is InChI=1S/C14H20N2O5/c1-21-7-6-12(14(19)20)16-13(18)11(15)8-9-2-4-10(17)5-3-9/h2-5,11-12,17H,6-8,15H2,1H3,(H,16,18)(H,19,20)/t11-,12?/m0/s1. The van der Waals surface area contributed by atoms with Gasteiger partial charge in [-0.15, -0.1) is 0 Å². The summed E-state index contributed by atoms with van der Waals surface area (Å²) in [5, 5.41) is 20.6. The van der Waals surface area contributed by atoms with Gasteiger partial charge in [0, 0.05) is 20.1 Å². The van der Waals surface area contributed by atoms with Gasteiger partial charge in [0.25, 0.3) is 0 Å². The quantitative estimate of drug-likeness (QED) is 0.530. The summed E-state index contributed by atoms with van der Waals surface area (Å²) in [6, 6.07) is 4.42. The zero-order valence-corrected chi connectivity index (χ0v) is 11.8. The van der Waals surface area contributed by atoms with Gasteiger partial charge in [0.2, 0.25) is 5.91 Å². The number of nitrogens with one attached hydrogen (secondary N) is 1. The van der Waals surface area contributed by atoms with E-state index in [2.05, 4.69) is 5.32 Å². The molecule has 0 spiro atoms. The van der Waals surface area contributed by atoms with Gasteiger partial charge >= 0.3 is 5.97 Å². The summed E-state index contributed by atoms with van der Waals surface area (Å²) in [4.78, 5) is 22.9. The van der Waals surface area contributed by atoms with Crippen LogP contribution in [0.5, 0.6) is 5.75 Å². The highest BCUT2D eigenvalue weighted by molar-refractivity contribution is 5.86. The Labute approximate surface area is 122 Å². The first kappa shape index (κ1) is 16.9. The summed E-state index contributed by atoms with van der Waals surface area (Å²) in [7, 11) is 1.46. The zero-order chi connectivity index (χ0) is 15.8. The Bertz CT molecular complexity index is 475. The summed E-state index contributed by atoms with van der Waals surface area (Å²) in [5.74, 6) is -1.54. The largest absolute Gasteiger partial charge is 0.508 e. The number of carbonyl (C=O) groups is 2. The number of carboxylic acid groups (broad SMARTS) is 1. The summed E-state index contributed by atoms with van der Waals surface area (Å²) >= 11 is 0. The molecule has 0 aliphatic heterocycles. The lowest BCUT2D eigenvalue weighted by molar-refractivity contribution is -0.142. The average molecular weight is 296 g/mol. The monoisotopic (exact) mass is 296 g/mol. The maximum Gasteiger partial charge on any atom is 0.326 e. The summed E-state index contributed by atoms with van der Waals surface area (Å²) in [6.45, 7) is 0.227. The van der Waals surface area contributed by atoms with Gasteiger partial charge in [-0.25, -0.2) is 4.79 Å². The second-order valence-electron chi connectivity index (χ2n) is 4.66. The maximum absolute atomic E-state index is 11.9. The number of carboxylic acids is 1. The fourth-order valence-corrected chi connectivity index (χ4v) is 1.75. The first-order chi connectivity index (χ1) is 9.93. The van der Waals surface area contributed by atoms with E-state index in [4.69, 9.17) is 15.6 Å². The SMILES string of the molecule is COCCC(NC(=O)[C@@H](N)Cc1ccc(O)cc1)C(=O)O. The second-order valence-corrected chi connectivity index (χ2v) is 4.66. The van der Waals surface area contributed by atoms with Crippen LogP contribution in [0.15, 0.2) is 24.3 Å². The first-order valence-electron chi connectivity index (χ1n) is 6.49. The second kappa shape index (κ2) is 8.23. The number of carbonyl (C=O) groups excluding carboxylic acids is 1. The van der Waals surface area contributed by atoms with Crippen molar-refractivity contribution in [3.05, 3.63) is 29.8 Å². The third-order valence-electron chi connectivity index (χ3n) is 2.95. The number of benzene rings is 1. The molecule has 2 atom stereocenters. The molecule has 1 amide bonds. The predicted molar refractivity (Wildman–Crippen MR) is 75.8 cm³/mol. The van der Waals surface area contributed by atoms with Crippen LogP contribution in [0.3, 0.4) is 0 Å². The third-order valence-corrected chi connectivity index (χ3v) is 2.95. The van der Waals surface area contributed by atoms with E-state index >= 15 is 0 Å². The van der Waals surface area contributed by atoms with Gasteiger partial charge in [-0.1, -0.05) is 12.1 Å². The first-order valence-corrected chi connectivity index (χ1v) is 6.49. The van der Waals surface area contributed by atoms with Crippen LogP contribution in [0.25, 0.3) is 0 Å². The number of phenols is 1. The van der Waals surface area contributed by atoms with E-state index in [1.54, 1.807) is 12.1 Å². The number of amides is 1. The van der Waals surface area contributed by atoms with Crippen molar-refractivity contribution in [2.24, 2.45) is 5.73 Å². The lowest BCUT2D eigenvalue weighted by atomic mass is 10.1. The van der Waals surface area contributed by atoms with E-state index in [1.807, 2.05) is 0 Å². The van der Waals surface area contributed by atoms with Gasteiger partial charge in [0.15, 0.2) is 0 Å². The Kier molecular flexibility index (Phi) is 6.64. The molecule has 7 heteroatoms. The Morgan fingerprint density at radius 2 is 1.95 bits per heavy atom. The number of hydrogen-bond donors (Lipinski definition) is 4. The van der Waals surface area contributed by atoms with Crippen molar-refractivity contribution in [2.75, 3.05) is 13.7 Å². The molecule has 1 unspecified atom stereocenters. The highest BCUT2D eigenvalue weighted by atomic mass is 16.5. The van der Waals surface area contributed by atoms with Crippen molar-refractivity contribution in [3.63, 3.8) is 0 Å². The van der Waals surface area contributed by atoms with Crippen molar-refractivity contribution < 1.29 is 24.5 Å². The number of phenolic OH excluding ortho intramolecular Hbond substituents is 1. The van der Waals surface area contributed by atoms with Crippen LogP contribution in [0.4, 0.5) is 0 Å². The Balaban J connectivity index is 2.56. The minimum atomic E-state index is -1.13. The van der Waals surface area contributed by atoms with Crippen LogP contribution in [-0.4, -0.2) is 47.9 Å². The molecule has 0 aliphatic carbocycles. The number of hydrogen-bond acceptors (Lipinski definition) is 5. The smallest absolute Gasteiger partial charge is 0.326 e. The average Bonchev–Trinajstić information content (AvgIpc) is 2.45. The van der Waals surface area contributed by atoms with Crippen molar-refractivity contribution in [3.8, 4) is 5.75 Å². The van der Waals surface area contributed by atoms with E-state index in [9.17, 15) is 14.7 Å². The molecule has 1 aromatic rings. The number of methoxy groups -OCH3 is 1. The Morgan fingerprint density at radius 3 is 2.48 bits per heavy atom. The lowest BCUT2D eigenvalue weighted by Crippen LogP contribution is -2.49. The Morgan fingerprint density at radius 1 is 1.33 bits per heavy atom. The molecule has 0 bridgehead atoms. The summed E-state index contributed by atoms with van der Waals surface area (Å²) in [5.41, 5.74) is 6.54. The van der Waals surface area contributed by atoms with Gasteiger partial charge < -0.3 is 26.0 Å². The molecule has 0 radical (unpaired) electrons. The van der Waals surface area contributed by atoms with E-state index in [1.165, 1.54) is 19.2 Å². The molecule has 0 heterocycles. The van der Waals surface area contributed by atoms with Gasteiger partial charge in [-0.05, 0) is 24.1 Å². The van der Waals surface area contributed by atoms with E-state index in [0.29, 0.717) is 0 Å². The van der Waals surface area contributed by atoms with Crippen molar-refractivity contribution in [2.45, 2.75) is 24.9 Å². The van der Waals surface area contributed by atoms with Gasteiger partial charge in [0.05, 0.1) is 6.04 Å². The van der Waals surface area contributed by atoms with Gasteiger partial charge in [-0.3, -0.25) is 4.79 Å². The molecule has 5 N–H and O–H groups in total. The molecule has 0 saturated heterocycles. The molecule has 1 aromatic carbocycles. The minimum Gasteiger partial charge on any atom is -0.508 e. The van der Waals surface area contributed by atoms with E-state index in [-0.39, 0.29) is 25.2 Å². The van der Waals surface area contributed by atoms with Crippen LogP contribution >= 0.6 is 0 Å². The van der Waals surface area contributed by atoms with E-state index in [0.717, 1.165) is 5.56 Å². The number of aliphatic carboxylic acids is 1. The van der Waals surface area contributed by atoms with Crippen LogP contribution in [0, 0.1) is 0 Å². The fourth-order valence-electron chi connectivity index (χ4n) is 1.75. The molecule has 0 aromatic heterocycles. The molecule has 0 aliphatic rings. The number of aromatic hydroxyl groups is 1. The number of nitrogens with two attached hydrogens (primary N) is 1. The van der Waals surface area contributed by atoms with Crippen molar-refractivity contribution in [1.29, 1.82) is 0 Å². The molecule has 0 fully saturated rings. The summed E-state index contributed by atoms with van der Waals surface area (Å²) in [6.07, 6.45) is 0.423. The maximum atomic E-state index is 11.9. The fraction of sp³-hybridized carbons (Fsp3) is 0.429. The van der Waals surface area contributed by atoms with Crippen LogP contribution in [0.2, 0.25) is 0 Å². The Hall–Kier alpha value is -2.12. The summed E-state index contributed by atoms with van der Waals surface area (Å²) < 4.78 is 4.80. The zero-order valence-electron chi connectivity index (χ0n) is 11.8. The predicted octanol–water partition coefficient (Wildman–Crippen LogP) is -0.132. The molecule has 0 saturated carbocycles.